The zero-order valence-electron chi connectivity index (χ0n) is 24.1. The van der Waals surface area contributed by atoms with Crippen LogP contribution in [0.15, 0.2) is 54.6 Å². The third-order valence-electron chi connectivity index (χ3n) is 7.68. The lowest BCUT2D eigenvalue weighted by Gasteiger charge is -2.47. The molecule has 0 radical (unpaired) electrons. The standard InChI is InChI=1S/C32H32Cl2FN3O5/c1-17-5-8-20(35)15-21(17)28-32(23-9-6-19(34)14-25(23)37-29(32)40)24(16-27(39)38-28)22-13-18(33)7-10-26(22)42-12-11-36-30(41)43-31(2,3)4/h5-10,13-15,24,28H,11-12,16H2,1-4H3,(H,36,41)(H,37,40)(H,38,39)/t24-,28+,32-/m1/s1. The highest BCUT2D eigenvalue weighted by atomic mass is 35.5. The van der Waals surface area contributed by atoms with Crippen molar-refractivity contribution >= 4 is 46.8 Å². The van der Waals surface area contributed by atoms with Crippen LogP contribution in [0.1, 0.15) is 61.4 Å². The lowest BCUT2D eigenvalue weighted by Crippen LogP contribution is -2.57. The van der Waals surface area contributed by atoms with Crippen molar-refractivity contribution in [1.29, 1.82) is 0 Å². The van der Waals surface area contributed by atoms with E-state index in [1.165, 1.54) is 12.1 Å². The van der Waals surface area contributed by atoms with E-state index in [1.807, 2.05) is 0 Å². The van der Waals surface area contributed by atoms with Gasteiger partial charge < -0.3 is 25.4 Å². The molecule has 0 saturated carbocycles. The Kier molecular flexibility index (Phi) is 8.33. The summed E-state index contributed by atoms with van der Waals surface area (Å²) in [5, 5.41) is 9.42. The van der Waals surface area contributed by atoms with Crippen molar-refractivity contribution < 1.29 is 28.2 Å². The van der Waals surface area contributed by atoms with Crippen LogP contribution in [0.5, 0.6) is 5.75 Å². The number of alkyl carbamates (subject to hydrolysis) is 1. The molecule has 0 aliphatic carbocycles. The van der Waals surface area contributed by atoms with E-state index in [2.05, 4.69) is 16.0 Å². The topological polar surface area (TPSA) is 106 Å². The molecule has 8 nitrogen and oxygen atoms in total. The van der Waals surface area contributed by atoms with Crippen molar-refractivity contribution in [3.8, 4) is 5.75 Å². The van der Waals surface area contributed by atoms with Gasteiger partial charge in [0.1, 0.15) is 29.2 Å². The monoisotopic (exact) mass is 627 g/mol. The molecule has 5 rings (SSSR count). The molecule has 3 aromatic carbocycles. The SMILES string of the molecule is Cc1ccc(F)cc1[C@@H]1NC(=O)C[C@H](c2cc(Cl)ccc2OCCNC(=O)OC(C)(C)C)[C@@]12C(=O)Nc1cc(Cl)ccc12. The number of piperidine rings is 1. The van der Waals surface area contributed by atoms with Gasteiger partial charge in [0.25, 0.3) is 0 Å². The normalized spacial score (nSPS) is 21.2. The Hall–Kier alpha value is -3.82. The summed E-state index contributed by atoms with van der Waals surface area (Å²) in [5.74, 6) is -1.58. The Balaban J connectivity index is 1.60. The maximum Gasteiger partial charge on any atom is 0.407 e. The molecule has 2 aliphatic rings. The average Bonchev–Trinajstić information content (AvgIpc) is 3.19. The van der Waals surface area contributed by atoms with E-state index in [4.69, 9.17) is 32.7 Å². The molecule has 43 heavy (non-hydrogen) atoms. The van der Waals surface area contributed by atoms with Crippen molar-refractivity contribution in [3.05, 3.63) is 92.7 Å². The van der Waals surface area contributed by atoms with E-state index in [-0.39, 0.29) is 31.4 Å². The molecule has 1 saturated heterocycles. The fourth-order valence-electron chi connectivity index (χ4n) is 5.99. The van der Waals surface area contributed by atoms with Crippen LogP contribution in [0.4, 0.5) is 14.9 Å². The van der Waals surface area contributed by atoms with E-state index >= 15 is 0 Å². The van der Waals surface area contributed by atoms with Crippen molar-refractivity contribution in [3.63, 3.8) is 0 Å². The maximum atomic E-state index is 14.7. The zero-order valence-corrected chi connectivity index (χ0v) is 25.7. The van der Waals surface area contributed by atoms with Gasteiger partial charge in [0, 0.05) is 33.6 Å². The highest BCUT2D eigenvalue weighted by molar-refractivity contribution is 6.31. The molecule has 0 bridgehead atoms. The first kappa shape index (κ1) is 30.6. The Morgan fingerprint density at radius 1 is 1.05 bits per heavy atom. The molecule has 226 valence electrons. The summed E-state index contributed by atoms with van der Waals surface area (Å²) in [6, 6.07) is 13.5. The number of hydrogen-bond acceptors (Lipinski definition) is 5. The molecular weight excluding hydrogens is 596 g/mol. The largest absolute Gasteiger partial charge is 0.491 e. The first-order valence-corrected chi connectivity index (χ1v) is 14.6. The number of halogens is 3. The molecule has 1 spiro atoms. The van der Waals surface area contributed by atoms with Gasteiger partial charge in [-0.05, 0) is 86.8 Å². The van der Waals surface area contributed by atoms with Gasteiger partial charge in [-0.25, -0.2) is 9.18 Å². The Bertz CT molecular complexity index is 1610. The molecule has 11 heteroatoms. The fourth-order valence-corrected chi connectivity index (χ4v) is 6.35. The number of aryl methyl sites for hydroxylation is 1. The third-order valence-corrected chi connectivity index (χ3v) is 8.15. The van der Waals surface area contributed by atoms with Gasteiger partial charge >= 0.3 is 6.09 Å². The van der Waals surface area contributed by atoms with Gasteiger partial charge in [0.05, 0.1) is 12.6 Å². The predicted molar refractivity (Wildman–Crippen MR) is 162 cm³/mol. The minimum absolute atomic E-state index is 0.0740. The van der Waals surface area contributed by atoms with Crippen molar-refractivity contribution in [2.24, 2.45) is 0 Å². The van der Waals surface area contributed by atoms with Crippen LogP contribution >= 0.6 is 23.2 Å². The molecule has 3 amide bonds. The molecule has 1 fully saturated rings. The number of benzene rings is 3. The number of rotatable bonds is 6. The summed E-state index contributed by atoms with van der Waals surface area (Å²) in [6.07, 6.45) is -0.658. The van der Waals surface area contributed by atoms with E-state index in [1.54, 1.807) is 70.2 Å². The summed E-state index contributed by atoms with van der Waals surface area (Å²) >= 11 is 12.8. The molecule has 0 unspecified atom stereocenters. The lowest BCUT2D eigenvalue weighted by molar-refractivity contribution is -0.131. The minimum atomic E-state index is -1.41. The number of fused-ring (bicyclic) bond motifs is 2. The molecule has 2 heterocycles. The molecular formula is C32H32Cl2FN3O5. The van der Waals surface area contributed by atoms with Crippen molar-refractivity contribution in [2.75, 3.05) is 18.5 Å². The zero-order chi connectivity index (χ0) is 31.1. The number of nitrogens with one attached hydrogen (secondary N) is 3. The van der Waals surface area contributed by atoms with Crippen molar-refractivity contribution in [1.82, 2.24) is 10.6 Å². The highest BCUT2D eigenvalue weighted by Crippen LogP contribution is 2.59. The van der Waals surface area contributed by atoms with Crippen LogP contribution in [0.2, 0.25) is 10.0 Å². The Labute approximate surface area is 259 Å². The van der Waals surface area contributed by atoms with Crippen LogP contribution in [-0.2, 0) is 19.7 Å². The molecule has 3 atom stereocenters. The average molecular weight is 629 g/mol. The highest BCUT2D eigenvalue weighted by Gasteiger charge is 2.61. The summed E-state index contributed by atoms with van der Waals surface area (Å²) in [5.41, 5.74) is 0.755. The fraction of sp³-hybridized carbons (Fsp3) is 0.344. The smallest absolute Gasteiger partial charge is 0.407 e. The van der Waals surface area contributed by atoms with E-state index in [9.17, 15) is 18.8 Å². The van der Waals surface area contributed by atoms with Crippen LogP contribution in [0.3, 0.4) is 0 Å². The number of amides is 3. The molecule has 3 N–H and O–H groups in total. The number of hydrogen-bond donors (Lipinski definition) is 3. The number of ether oxygens (including phenoxy) is 2. The summed E-state index contributed by atoms with van der Waals surface area (Å²) in [6.45, 7) is 7.32. The van der Waals surface area contributed by atoms with E-state index in [0.29, 0.717) is 43.7 Å². The summed E-state index contributed by atoms with van der Waals surface area (Å²) in [4.78, 5) is 39.8. The lowest BCUT2D eigenvalue weighted by atomic mass is 9.59. The first-order chi connectivity index (χ1) is 20.3. The summed E-state index contributed by atoms with van der Waals surface area (Å²) in [7, 11) is 0. The molecule has 0 aromatic heterocycles. The quantitative estimate of drug-likeness (QED) is 0.268. The predicted octanol–water partition coefficient (Wildman–Crippen LogP) is 6.58. The third kappa shape index (κ3) is 6.01. The molecule has 2 aliphatic heterocycles. The van der Waals surface area contributed by atoms with Gasteiger partial charge in [0.2, 0.25) is 11.8 Å². The van der Waals surface area contributed by atoms with Gasteiger partial charge in [0.15, 0.2) is 0 Å². The van der Waals surface area contributed by atoms with E-state index in [0.717, 1.165) is 0 Å². The number of carbonyl (C=O) groups excluding carboxylic acids is 3. The second-order valence-electron chi connectivity index (χ2n) is 11.7. The van der Waals surface area contributed by atoms with Gasteiger partial charge in [-0.3, -0.25) is 9.59 Å². The van der Waals surface area contributed by atoms with Crippen LogP contribution in [0.25, 0.3) is 0 Å². The first-order valence-electron chi connectivity index (χ1n) is 13.9. The van der Waals surface area contributed by atoms with Crippen LogP contribution in [0, 0.1) is 12.7 Å². The van der Waals surface area contributed by atoms with Gasteiger partial charge in [-0.2, -0.15) is 0 Å². The minimum Gasteiger partial charge on any atom is -0.491 e. The Morgan fingerprint density at radius 2 is 1.77 bits per heavy atom. The van der Waals surface area contributed by atoms with Crippen LogP contribution in [-0.4, -0.2) is 36.7 Å². The Morgan fingerprint density at radius 3 is 2.51 bits per heavy atom. The van der Waals surface area contributed by atoms with Crippen LogP contribution < -0.4 is 20.7 Å². The molecule has 3 aromatic rings. The van der Waals surface area contributed by atoms with Crippen molar-refractivity contribution in [2.45, 2.75) is 57.1 Å². The number of anilines is 1. The number of carbonyl (C=O) groups is 3. The van der Waals surface area contributed by atoms with Gasteiger partial charge in [-0.15, -0.1) is 0 Å². The second-order valence-corrected chi connectivity index (χ2v) is 12.6. The summed E-state index contributed by atoms with van der Waals surface area (Å²) < 4.78 is 26.1. The van der Waals surface area contributed by atoms with Gasteiger partial charge in [-0.1, -0.05) is 35.3 Å². The maximum absolute atomic E-state index is 14.7. The van der Waals surface area contributed by atoms with E-state index < -0.39 is 34.9 Å². The second kappa shape index (κ2) is 11.7.